The SMILES string of the molecule is Cc1ccc(C(=O)NCc2nc(N(C)C)nc(N(C)C)n2)c(C)c1. The molecule has 0 aliphatic heterocycles. The van der Waals surface area contributed by atoms with Gasteiger partial charge in [0.15, 0.2) is 5.82 Å². The Kier molecular flexibility index (Phi) is 5.33. The Bertz CT molecular complexity index is 716. The highest BCUT2D eigenvalue weighted by atomic mass is 16.1. The summed E-state index contributed by atoms with van der Waals surface area (Å²) in [7, 11) is 7.47. The molecule has 24 heavy (non-hydrogen) atoms. The van der Waals surface area contributed by atoms with Crippen molar-refractivity contribution in [2.45, 2.75) is 20.4 Å². The molecule has 1 heterocycles. The quantitative estimate of drug-likeness (QED) is 0.898. The van der Waals surface area contributed by atoms with Gasteiger partial charge in [0.2, 0.25) is 11.9 Å². The van der Waals surface area contributed by atoms with Gasteiger partial charge in [-0.3, -0.25) is 4.79 Å². The second-order valence-electron chi connectivity index (χ2n) is 6.14. The molecule has 0 aliphatic carbocycles. The molecule has 2 rings (SSSR count). The molecular formula is C17H24N6O. The van der Waals surface area contributed by atoms with E-state index < -0.39 is 0 Å². The molecule has 2 aromatic rings. The van der Waals surface area contributed by atoms with Gasteiger partial charge in [0, 0.05) is 33.8 Å². The van der Waals surface area contributed by atoms with Crippen LogP contribution in [-0.2, 0) is 6.54 Å². The van der Waals surface area contributed by atoms with E-state index in [9.17, 15) is 4.79 Å². The third-order valence-corrected chi connectivity index (χ3v) is 3.49. The molecule has 0 saturated carbocycles. The summed E-state index contributed by atoms with van der Waals surface area (Å²) in [6, 6.07) is 5.76. The first kappa shape index (κ1) is 17.7. The van der Waals surface area contributed by atoms with Crippen molar-refractivity contribution in [3.8, 4) is 0 Å². The van der Waals surface area contributed by atoms with E-state index in [4.69, 9.17) is 0 Å². The Morgan fingerprint density at radius 2 is 1.58 bits per heavy atom. The molecule has 1 aromatic heterocycles. The van der Waals surface area contributed by atoms with Crippen molar-refractivity contribution in [3.63, 3.8) is 0 Å². The molecule has 0 unspecified atom stereocenters. The molecule has 1 amide bonds. The van der Waals surface area contributed by atoms with Crippen LogP contribution in [0, 0.1) is 13.8 Å². The Morgan fingerprint density at radius 1 is 1.00 bits per heavy atom. The van der Waals surface area contributed by atoms with Crippen LogP contribution in [0.3, 0.4) is 0 Å². The molecule has 0 bridgehead atoms. The number of aromatic nitrogens is 3. The van der Waals surface area contributed by atoms with Crippen LogP contribution >= 0.6 is 0 Å². The number of carbonyl (C=O) groups is 1. The predicted molar refractivity (Wildman–Crippen MR) is 95.6 cm³/mol. The zero-order chi connectivity index (χ0) is 17.9. The van der Waals surface area contributed by atoms with E-state index in [0.717, 1.165) is 11.1 Å². The van der Waals surface area contributed by atoms with Crippen LogP contribution in [0.15, 0.2) is 18.2 Å². The van der Waals surface area contributed by atoms with Crippen molar-refractivity contribution in [1.82, 2.24) is 20.3 Å². The summed E-state index contributed by atoms with van der Waals surface area (Å²) in [6.07, 6.45) is 0. The third-order valence-electron chi connectivity index (χ3n) is 3.49. The van der Waals surface area contributed by atoms with Gasteiger partial charge >= 0.3 is 0 Å². The second-order valence-corrected chi connectivity index (χ2v) is 6.14. The first-order valence-electron chi connectivity index (χ1n) is 7.73. The number of amides is 1. The molecule has 0 saturated heterocycles. The minimum Gasteiger partial charge on any atom is -0.347 e. The number of nitrogens with zero attached hydrogens (tertiary/aromatic N) is 5. The van der Waals surface area contributed by atoms with Crippen LogP contribution in [0.25, 0.3) is 0 Å². The van der Waals surface area contributed by atoms with Gasteiger partial charge in [0.05, 0.1) is 6.54 Å². The molecule has 1 aromatic carbocycles. The molecule has 1 N–H and O–H groups in total. The van der Waals surface area contributed by atoms with E-state index in [1.54, 1.807) is 0 Å². The highest BCUT2D eigenvalue weighted by molar-refractivity contribution is 5.95. The van der Waals surface area contributed by atoms with E-state index in [2.05, 4.69) is 20.3 Å². The molecule has 7 heteroatoms. The fourth-order valence-corrected chi connectivity index (χ4v) is 2.20. The second kappa shape index (κ2) is 7.25. The van der Waals surface area contributed by atoms with Crippen LogP contribution in [0.4, 0.5) is 11.9 Å². The third kappa shape index (κ3) is 4.18. The molecule has 0 spiro atoms. The highest BCUT2D eigenvalue weighted by Crippen LogP contribution is 2.12. The van der Waals surface area contributed by atoms with Crippen molar-refractivity contribution < 1.29 is 4.79 Å². The van der Waals surface area contributed by atoms with Crippen LogP contribution in [0.5, 0.6) is 0 Å². The summed E-state index contributed by atoms with van der Waals surface area (Å²) >= 11 is 0. The zero-order valence-electron chi connectivity index (χ0n) is 15.1. The maximum absolute atomic E-state index is 12.4. The summed E-state index contributed by atoms with van der Waals surface area (Å²) in [5.74, 6) is 1.51. The lowest BCUT2D eigenvalue weighted by Gasteiger charge is -2.16. The van der Waals surface area contributed by atoms with Crippen molar-refractivity contribution in [1.29, 1.82) is 0 Å². The summed E-state index contributed by atoms with van der Waals surface area (Å²) in [6.45, 7) is 4.18. The number of anilines is 2. The van der Waals surface area contributed by atoms with Gasteiger partial charge in [-0.1, -0.05) is 17.7 Å². The maximum atomic E-state index is 12.4. The number of aryl methyl sites for hydroxylation is 2. The molecular weight excluding hydrogens is 304 g/mol. The lowest BCUT2D eigenvalue weighted by Crippen LogP contribution is -2.26. The van der Waals surface area contributed by atoms with Crippen LogP contribution in [0.1, 0.15) is 27.3 Å². The fourth-order valence-electron chi connectivity index (χ4n) is 2.20. The number of nitrogens with one attached hydrogen (secondary N) is 1. The molecule has 0 radical (unpaired) electrons. The first-order chi connectivity index (χ1) is 11.3. The summed E-state index contributed by atoms with van der Waals surface area (Å²) in [5, 5.41) is 2.88. The minimum absolute atomic E-state index is 0.134. The Balaban J connectivity index is 2.17. The lowest BCUT2D eigenvalue weighted by molar-refractivity contribution is 0.0949. The maximum Gasteiger partial charge on any atom is 0.251 e. The van der Waals surface area contributed by atoms with Gasteiger partial charge in [-0.15, -0.1) is 0 Å². The number of benzene rings is 1. The van der Waals surface area contributed by atoms with Crippen LogP contribution in [-0.4, -0.2) is 49.0 Å². The predicted octanol–water partition coefficient (Wildman–Crippen LogP) is 1.55. The van der Waals surface area contributed by atoms with Gasteiger partial charge in [-0.05, 0) is 25.5 Å². The van der Waals surface area contributed by atoms with Crippen LogP contribution < -0.4 is 15.1 Å². The van der Waals surface area contributed by atoms with Crippen molar-refractivity contribution in [2.24, 2.45) is 0 Å². The lowest BCUT2D eigenvalue weighted by atomic mass is 10.1. The van der Waals surface area contributed by atoms with E-state index in [0.29, 0.717) is 23.3 Å². The van der Waals surface area contributed by atoms with Gasteiger partial charge in [-0.2, -0.15) is 15.0 Å². The molecule has 7 nitrogen and oxygen atoms in total. The number of carbonyl (C=O) groups excluding carboxylic acids is 1. The normalized spacial score (nSPS) is 10.4. The fraction of sp³-hybridized carbons (Fsp3) is 0.412. The molecule has 0 atom stereocenters. The van der Waals surface area contributed by atoms with Gasteiger partial charge < -0.3 is 15.1 Å². The number of rotatable bonds is 5. The van der Waals surface area contributed by atoms with Crippen molar-refractivity contribution in [3.05, 3.63) is 40.7 Å². The summed E-state index contributed by atoms with van der Waals surface area (Å²) in [4.78, 5) is 29.1. The average molecular weight is 328 g/mol. The van der Waals surface area contributed by atoms with E-state index in [1.807, 2.05) is 70.0 Å². The van der Waals surface area contributed by atoms with E-state index >= 15 is 0 Å². The van der Waals surface area contributed by atoms with Gasteiger partial charge in [0.1, 0.15) is 0 Å². The van der Waals surface area contributed by atoms with E-state index in [-0.39, 0.29) is 12.5 Å². The zero-order valence-corrected chi connectivity index (χ0v) is 15.1. The summed E-state index contributed by atoms with van der Waals surface area (Å²) in [5.41, 5.74) is 2.74. The molecule has 0 aliphatic rings. The van der Waals surface area contributed by atoms with Crippen molar-refractivity contribution >= 4 is 17.8 Å². The Labute approximate surface area is 142 Å². The topological polar surface area (TPSA) is 74.2 Å². The smallest absolute Gasteiger partial charge is 0.251 e. The monoisotopic (exact) mass is 328 g/mol. The number of hydrogen-bond acceptors (Lipinski definition) is 6. The van der Waals surface area contributed by atoms with Crippen LogP contribution in [0.2, 0.25) is 0 Å². The minimum atomic E-state index is -0.134. The largest absolute Gasteiger partial charge is 0.347 e. The van der Waals surface area contributed by atoms with Gasteiger partial charge in [0.25, 0.3) is 5.91 Å². The molecule has 0 fully saturated rings. The Morgan fingerprint density at radius 3 is 2.08 bits per heavy atom. The van der Waals surface area contributed by atoms with Gasteiger partial charge in [-0.25, -0.2) is 0 Å². The standard InChI is InChI=1S/C17H24N6O/c1-11-7-8-13(12(2)9-11)15(24)18-10-14-19-16(22(3)4)21-17(20-14)23(5)6/h7-9H,10H2,1-6H3,(H,18,24). The summed E-state index contributed by atoms with van der Waals surface area (Å²) < 4.78 is 0. The van der Waals surface area contributed by atoms with E-state index in [1.165, 1.54) is 0 Å². The highest BCUT2D eigenvalue weighted by Gasteiger charge is 2.12. The number of hydrogen-bond donors (Lipinski definition) is 1. The first-order valence-corrected chi connectivity index (χ1v) is 7.73. The molecule has 128 valence electrons. The average Bonchev–Trinajstić information content (AvgIpc) is 2.52. The Hall–Kier alpha value is -2.70. The van der Waals surface area contributed by atoms with Crippen molar-refractivity contribution in [2.75, 3.05) is 38.0 Å².